The zero-order chi connectivity index (χ0) is 20.4. The van der Waals surface area contributed by atoms with Crippen molar-refractivity contribution >= 4 is 23.0 Å². The minimum atomic E-state index is -0.376. The number of nitro benzene ring substituents is 1. The summed E-state index contributed by atoms with van der Waals surface area (Å²) in [5, 5.41) is 15.4. The van der Waals surface area contributed by atoms with E-state index in [4.69, 9.17) is 12.2 Å². The summed E-state index contributed by atoms with van der Waals surface area (Å²) in [6.45, 7) is 2.92. The smallest absolute Gasteiger partial charge is 0.271 e. The number of benzene rings is 1. The highest BCUT2D eigenvalue weighted by Gasteiger charge is 2.40. The molecular formula is C21H21N5O2S. The van der Waals surface area contributed by atoms with Crippen LogP contribution in [-0.4, -0.2) is 31.0 Å². The molecule has 0 radical (unpaired) electrons. The molecule has 1 aliphatic heterocycles. The maximum atomic E-state index is 11.2. The van der Waals surface area contributed by atoms with Gasteiger partial charge >= 0.3 is 0 Å². The minimum absolute atomic E-state index is 0.0638. The number of rotatable bonds is 6. The number of nitro groups is 1. The lowest BCUT2D eigenvalue weighted by Crippen LogP contribution is -2.31. The summed E-state index contributed by atoms with van der Waals surface area (Å²) in [6.07, 6.45) is 4.65. The predicted molar refractivity (Wildman–Crippen MR) is 115 cm³/mol. The highest BCUT2D eigenvalue weighted by Crippen LogP contribution is 2.39. The second-order valence-corrected chi connectivity index (χ2v) is 7.29. The Morgan fingerprint density at radius 1 is 1.21 bits per heavy atom. The molecule has 1 fully saturated rings. The van der Waals surface area contributed by atoms with E-state index in [1.54, 1.807) is 18.3 Å². The van der Waals surface area contributed by atoms with E-state index in [0.717, 1.165) is 30.0 Å². The minimum Gasteiger partial charge on any atom is -0.352 e. The monoisotopic (exact) mass is 407 g/mol. The van der Waals surface area contributed by atoms with Gasteiger partial charge in [-0.05, 0) is 49.0 Å². The van der Waals surface area contributed by atoms with Gasteiger partial charge in [0.1, 0.15) is 0 Å². The molecule has 2 aromatic heterocycles. The highest BCUT2D eigenvalue weighted by molar-refractivity contribution is 7.80. The number of hydrogen-bond acceptors (Lipinski definition) is 4. The SMILES string of the molecule is CCCN1C(=S)NC(c2ccccn2)C1c1cccn1-c1cccc([N+](=O)[O-])c1. The normalized spacial score (nSPS) is 18.7. The Bertz CT molecular complexity index is 1040. The summed E-state index contributed by atoms with van der Waals surface area (Å²) in [5.41, 5.74) is 2.72. The van der Waals surface area contributed by atoms with E-state index in [1.807, 2.05) is 47.2 Å². The summed E-state index contributed by atoms with van der Waals surface area (Å²) < 4.78 is 1.99. The van der Waals surface area contributed by atoms with Crippen LogP contribution in [0.2, 0.25) is 0 Å². The molecule has 1 saturated heterocycles. The van der Waals surface area contributed by atoms with Gasteiger partial charge in [0.2, 0.25) is 0 Å². The van der Waals surface area contributed by atoms with Gasteiger partial charge in [-0.3, -0.25) is 15.1 Å². The van der Waals surface area contributed by atoms with Crippen molar-refractivity contribution in [2.24, 2.45) is 0 Å². The van der Waals surface area contributed by atoms with E-state index < -0.39 is 0 Å². The molecule has 0 spiro atoms. The van der Waals surface area contributed by atoms with Gasteiger partial charge in [0.15, 0.2) is 5.11 Å². The van der Waals surface area contributed by atoms with Crippen molar-refractivity contribution in [1.29, 1.82) is 0 Å². The van der Waals surface area contributed by atoms with Gasteiger partial charge < -0.3 is 14.8 Å². The lowest BCUT2D eigenvalue weighted by atomic mass is 10.0. The molecule has 148 valence electrons. The van der Waals surface area contributed by atoms with Gasteiger partial charge in [0.05, 0.1) is 28.4 Å². The standard InChI is InChI=1S/C21H21N5O2S/c1-2-12-25-20(19(23-21(25)29)17-9-3-4-11-22-17)18-10-6-13-24(18)15-7-5-8-16(14-15)26(27)28/h3-11,13-14,19-20H,2,12H2,1H3,(H,23,29). The Kier molecular flexibility index (Phi) is 5.26. The number of nitrogens with zero attached hydrogens (tertiary/aromatic N) is 4. The zero-order valence-corrected chi connectivity index (χ0v) is 16.7. The van der Waals surface area contributed by atoms with E-state index in [0.29, 0.717) is 5.11 Å². The molecule has 29 heavy (non-hydrogen) atoms. The van der Waals surface area contributed by atoms with Crippen LogP contribution in [0, 0.1) is 10.1 Å². The molecule has 8 heteroatoms. The van der Waals surface area contributed by atoms with Crippen LogP contribution in [0.15, 0.2) is 67.0 Å². The molecule has 3 heterocycles. The largest absolute Gasteiger partial charge is 0.352 e. The van der Waals surface area contributed by atoms with E-state index in [2.05, 4.69) is 22.1 Å². The first-order valence-electron chi connectivity index (χ1n) is 9.50. The summed E-state index contributed by atoms with van der Waals surface area (Å²) in [4.78, 5) is 17.6. The molecule has 1 N–H and O–H groups in total. The van der Waals surface area contributed by atoms with Crippen molar-refractivity contribution in [2.75, 3.05) is 6.54 Å². The number of hydrogen-bond donors (Lipinski definition) is 1. The number of aromatic nitrogens is 2. The average Bonchev–Trinajstić information content (AvgIpc) is 3.34. The molecule has 0 amide bonds. The first-order chi connectivity index (χ1) is 14.1. The lowest BCUT2D eigenvalue weighted by Gasteiger charge is -2.28. The fourth-order valence-electron chi connectivity index (χ4n) is 3.84. The van der Waals surface area contributed by atoms with Gasteiger partial charge in [-0.25, -0.2) is 0 Å². The number of thiocarbonyl (C=S) groups is 1. The Labute approximate surface area is 174 Å². The maximum Gasteiger partial charge on any atom is 0.271 e. The van der Waals surface area contributed by atoms with Crippen LogP contribution in [-0.2, 0) is 0 Å². The molecule has 0 bridgehead atoms. The quantitative estimate of drug-likeness (QED) is 0.376. The van der Waals surface area contributed by atoms with Crippen LogP contribution in [0.3, 0.4) is 0 Å². The van der Waals surface area contributed by atoms with Gasteiger partial charge in [0, 0.05) is 36.8 Å². The first-order valence-corrected chi connectivity index (χ1v) is 9.91. The lowest BCUT2D eigenvalue weighted by molar-refractivity contribution is -0.384. The molecule has 2 unspecified atom stereocenters. The van der Waals surface area contributed by atoms with Crippen molar-refractivity contribution < 1.29 is 4.92 Å². The zero-order valence-electron chi connectivity index (χ0n) is 15.9. The van der Waals surface area contributed by atoms with Crippen molar-refractivity contribution in [3.8, 4) is 5.69 Å². The summed E-state index contributed by atoms with van der Waals surface area (Å²) in [6, 6.07) is 16.3. The van der Waals surface area contributed by atoms with Gasteiger partial charge in [-0.15, -0.1) is 0 Å². The van der Waals surface area contributed by atoms with E-state index in [9.17, 15) is 10.1 Å². The van der Waals surface area contributed by atoms with Gasteiger partial charge in [0.25, 0.3) is 5.69 Å². The molecule has 1 aromatic carbocycles. The average molecular weight is 407 g/mol. The number of pyridine rings is 1. The Hall–Kier alpha value is -3.26. The van der Waals surface area contributed by atoms with Crippen LogP contribution in [0.5, 0.6) is 0 Å². The van der Waals surface area contributed by atoms with Crippen LogP contribution >= 0.6 is 12.2 Å². The molecule has 0 aliphatic carbocycles. The highest BCUT2D eigenvalue weighted by atomic mass is 32.1. The first kappa shape index (κ1) is 19.1. The van der Waals surface area contributed by atoms with E-state index >= 15 is 0 Å². The van der Waals surface area contributed by atoms with Crippen molar-refractivity contribution in [3.05, 3.63) is 88.5 Å². The van der Waals surface area contributed by atoms with Crippen LogP contribution in [0.4, 0.5) is 5.69 Å². The Morgan fingerprint density at radius 2 is 2.07 bits per heavy atom. The molecule has 3 aromatic rings. The molecular weight excluding hydrogens is 386 g/mol. The van der Waals surface area contributed by atoms with E-state index in [-0.39, 0.29) is 22.7 Å². The van der Waals surface area contributed by atoms with Crippen LogP contribution in [0.1, 0.15) is 36.8 Å². The second kappa shape index (κ2) is 8.00. The molecule has 0 saturated carbocycles. The molecule has 1 aliphatic rings. The fourth-order valence-corrected chi connectivity index (χ4v) is 4.17. The third-order valence-electron chi connectivity index (χ3n) is 5.06. The molecule has 4 rings (SSSR count). The summed E-state index contributed by atoms with van der Waals surface area (Å²) >= 11 is 5.64. The second-order valence-electron chi connectivity index (χ2n) is 6.90. The summed E-state index contributed by atoms with van der Waals surface area (Å²) in [7, 11) is 0. The van der Waals surface area contributed by atoms with Gasteiger partial charge in [-0.2, -0.15) is 0 Å². The summed E-state index contributed by atoms with van der Waals surface area (Å²) in [5.74, 6) is 0. The van der Waals surface area contributed by atoms with Crippen LogP contribution in [0.25, 0.3) is 5.69 Å². The number of nitrogens with one attached hydrogen (secondary N) is 1. The van der Waals surface area contributed by atoms with Crippen molar-refractivity contribution in [3.63, 3.8) is 0 Å². The third-order valence-corrected chi connectivity index (χ3v) is 5.42. The topological polar surface area (TPSA) is 76.2 Å². The van der Waals surface area contributed by atoms with Crippen molar-refractivity contribution in [1.82, 2.24) is 19.8 Å². The Balaban J connectivity index is 1.81. The van der Waals surface area contributed by atoms with Crippen molar-refractivity contribution in [2.45, 2.75) is 25.4 Å². The Morgan fingerprint density at radius 3 is 2.79 bits per heavy atom. The van der Waals surface area contributed by atoms with Gasteiger partial charge in [-0.1, -0.05) is 19.1 Å². The molecule has 7 nitrogen and oxygen atoms in total. The maximum absolute atomic E-state index is 11.2. The number of non-ortho nitro benzene ring substituents is 1. The fraction of sp³-hybridized carbons (Fsp3) is 0.238. The van der Waals surface area contributed by atoms with Crippen LogP contribution < -0.4 is 5.32 Å². The van der Waals surface area contributed by atoms with E-state index in [1.165, 1.54) is 6.07 Å². The predicted octanol–water partition coefficient (Wildman–Crippen LogP) is 4.16. The third kappa shape index (κ3) is 3.58. The molecule has 2 atom stereocenters.